The molecule has 0 unspecified atom stereocenters. The maximum Gasteiger partial charge on any atom is 0.262 e. The highest BCUT2D eigenvalue weighted by Crippen LogP contribution is 2.29. The maximum atomic E-state index is 12.3. The normalized spacial score (nSPS) is 9.93. The van der Waals surface area contributed by atoms with Crippen molar-refractivity contribution in [1.82, 2.24) is 0 Å². The molecule has 0 saturated heterocycles. The summed E-state index contributed by atoms with van der Waals surface area (Å²) in [6.45, 7) is 1.79. The van der Waals surface area contributed by atoms with Crippen LogP contribution in [0.5, 0.6) is 17.2 Å². The first kappa shape index (κ1) is 18.0. The minimum Gasteiger partial charge on any atom is -0.482 e. The molecule has 0 aliphatic rings. The molecule has 3 aromatic carbocycles. The lowest BCUT2D eigenvalue weighted by molar-refractivity contribution is -0.118. The summed E-state index contributed by atoms with van der Waals surface area (Å²) in [6, 6.07) is 23.6. The Kier molecular flexibility index (Phi) is 5.70. The molecule has 1 amide bonds. The quantitative estimate of drug-likeness (QED) is 0.695. The van der Waals surface area contributed by atoms with Crippen LogP contribution in [0.4, 0.5) is 5.69 Å². The second kappa shape index (κ2) is 8.54. The third kappa shape index (κ3) is 4.86. The zero-order valence-electron chi connectivity index (χ0n) is 14.8. The fourth-order valence-electron chi connectivity index (χ4n) is 2.41. The molecule has 0 aliphatic heterocycles. The van der Waals surface area contributed by atoms with Gasteiger partial charge in [0.1, 0.15) is 17.6 Å². The topological polar surface area (TPSA) is 71.3 Å². The number of nitrogens with zero attached hydrogens (tertiary/aromatic N) is 1. The Bertz CT molecular complexity index is 975. The molecule has 1 N–H and O–H groups in total. The first-order chi connectivity index (χ1) is 13.2. The van der Waals surface area contributed by atoms with Gasteiger partial charge in [-0.25, -0.2) is 0 Å². The van der Waals surface area contributed by atoms with Crippen molar-refractivity contribution in [3.8, 4) is 23.3 Å². The number of nitrogens with one attached hydrogen (secondary N) is 1. The van der Waals surface area contributed by atoms with E-state index in [0.29, 0.717) is 28.5 Å². The third-order valence-electron chi connectivity index (χ3n) is 3.78. The number of rotatable bonds is 6. The average molecular weight is 358 g/mol. The number of benzene rings is 3. The van der Waals surface area contributed by atoms with E-state index in [1.807, 2.05) is 49.4 Å². The number of para-hydroxylation sites is 3. The highest BCUT2D eigenvalue weighted by atomic mass is 16.5. The minimum absolute atomic E-state index is 0.211. The van der Waals surface area contributed by atoms with Gasteiger partial charge in [0.15, 0.2) is 12.4 Å². The summed E-state index contributed by atoms with van der Waals surface area (Å²) < 4.78 is 11.3. The van der Waals surface area contributed by atoms with Crippen LogP contribution in [0.1, 0.15) is 11.1 Å². The Morgan fingerprint density at radius 1 is 0.963 bits per heavy atom. The molecule has 0 aromatic heterocycles. The number of ether oxygens (including phenoxy) is 2. The molecule has 134 valence electrons. The van der Waals surface area contributed by atoms with Gasteiger partial charge < -0.3 is 14.8 Å². The van der Waals surface area contributed by atoms with Gasteiger partial charge in [-0.15, -0.1) is 0 Å². The number of amides is 1. The summed E-state index contributed by atoms with van der Waals surface area (Å²) >= 11 is 0. The molecule has 0 heterocycles. The monoisotopic (exact) mass is 358 g/mol. The molecule has 0 fully saturated rings. The lowest BCUT2D eigenvalue weighted by atomic mass is 10.2. The molecular formula is C22H18N2O3. The van der Waals surface area contributed by atoms with E-state index in [-0.39, 0.29) is 12.5 Å². The van der Waals surface area contributed by atoms with Crippen molar-refractivity contribution in [1.29, 1.82) is 5.26 Å². The van der Waals surface area contributed by atoms with Crippen molar-refractivity contribution >= 4 is 11.6 Å². The first-order valence-corrected chi connectivity index (χ1v) is 8.41. The van der Waals surface area contributed by atoms with Crippen LogP contribution in [0.2, 0.25) is 0 Å². The Balaban J connectivity index is 1.66. The van der Waals surface area contributed by atoms with E-state index in [9.17, 15) is 4.79 Å². The summed E-state index contributed by atoms with van der Waals surface area (Å²) in [7, 11) is 0. The van der Waals surface area contributed by atoms with E-state index in [1.54, 1.807) is 36.4 Å². The zero-order valence-corrected chi connectivity index (χ0v) is 14.8. The summed E-state index contributed by atoms with van der Waals surface area (Å²) in [6.07, 6.45) is 0. The summed E-state index contributed by atoms with van der Waals surface area (Å²) in [5, 5.41) is 11.8. The van der Waals surface area contributed by atoms with Crippen molar-refractivity contribution in [2.45, 2.75) is 6.92 Å². The fraction of sp³-hybridized carbons (Fsp3) is 0.0909. The van der Waals surface area contributed by atoms with Gasteiger partial charge in [0.05, 0.1) is 11.3 Å². The van der Waals surface area contributed by atoms with Gasteiger partial charge in [-0.2, -0.15) is 5.26 Å². The molecule has 27 heavy (non-hydrogen) atoms. The van der Waals surface area contributed by atoms with Crippen molar-refractivity contribution < 1.29 is 14.3 Å². The molecule has 3 rings (SSSR count). The summed E-state index contributed by atoms with van der Waals surface area (Å²) in [5.41, 5.74) is 2.06. The van der Waals surface area contributed by atoms with Crippen LogP contribution in [0.3, 0.4) is 0 Å². The molecule has 0 saturated carbocycles. The van der Waals surface area contributed by atoms with Crippen LogP contribution >= 0.6 is 0 Å². The highest BCUT2D eigenvalue weighted by molar-refractivity contribution is 5.93. The second-order valence-electron chi connectivity index (χ2n) is 5.86. The highest BCUT2D eigenvalue weighted by Gasteiger charge is 2.10. The third-order valence-corrected chi connectivity index (χ3v) is 3.78. The van der Waals surface area contributed by atoms with E-state index in [0.717, 1.165) is 5.56 Å². The predicted molar refractivity (Wildman–Crippen MR) is 103 cm³/mol. The largest absolute Gasteiger partial charge is 0.482 e. The van der Waals surface area contributed by atoms with Gasteiger partial charge in [0.2, 0.25) is 0 Å². The Morgan fingerprint density at radius 3 is 2.37 bits per heavy atom. The number of anilines is 1. The van der Waals surface area contributed by atoms with Crippen LogP contribution < -0.4 is 14.8 Å². The van der Waals surface area contributed by atoms with Crippen LogP contribution in [0.25, 0.3) is 0 Å². The molecule has 5 nitrogen and oxygen atoms in total. The van der Waals surface area contributed by atoms with Gasteiger partial charge in [-0.05, 0) is 43.3 Å². The average Bonchev–Trinajstić information content (AvgIpc) is 2.70. The van der Waals surface area contributed by atoms with Crippen LogP contribution in [0.15, 0.2) is 72.8 Å². The van der Waals surface area contributed by atoms with Crippen molar-refractivity contribution in [2.75, 3.05) is 11.9 Å². The standard InChI is InChI=1S/C22H18N2O3/c1-16-10-12-18(13-11-16)27-21-9-5-3-7-19(21)24-22(25)15-26-20-8-4-2-6-17(20)14-23/h2-13H,15H2,1H3,(H,24,25). The Labute approximate surface area is 157 Å². The van der Waals surface area contributed by atoms with E-state index >= 15 is 0 Å². The van der Waals surface area contributed by atoms with Crippen LogP contribution in [0, 0.1) is 18.3 Å². The minimum atomic E-state index is -0.345. The molecule has 0 aliphatic carbocycles. The Morgan fingerprint density at radius 2 is 1.63 bits per heavy atom. The molecule has 3 aromatic rings. The first-order valence-electron chi connectivity index (χ1n) is 8.41. The van der Waals surface area contributed by atoms with Gasteiger partial charge >= 0.3 is 0 Å². The Hall–Kier alpha value is -3.78. The number of hydrogen-bond donors (Lipinski definition) is 1. The predicted octanol–water partition coefficient (Wildman–Crippen LogP) is 4.68. The van der Waals surface area contributed by atoms with E-state index in [1.165, 1.54) is 0 Å². The molecule has 0 atom stereocenters. The van der Waals surface area contributed by atoms with Crippen molar-refractivity contribution in [2.24, 2.45) is 0 Å². The van der Waals surface area contributed by atoms with Crippen molar-refractivity contribution in [3.05, 3.63) is 83.9 Å². The van der Waals surface area contributed by atoms with Crippen LogP contribution in [-0.2, 0) is 4.79 Å². The lowest BCUT2D eigenvalue weighted by Gasteiger charge is -2.13. The SMILES string of the molecule is Cc1ccc(Oc2ccccc2NC(=O)COc2ccccc2C#N)cc1. The molecular weight excluding hydrogens is 340 g/mol. The smallest absolute Gasteiger partial charge is 0.262 e. The van der Waals surface area contributed by atoms with Gasteiger partial charge in [-0.3, -0.25) is 4.79 Å². The van der Waals surface area contributed by atoms with Crippen LogP contribution in [-0.4, -0.2) is 12.5 Å². The number of carbonyl (C=O) groups excluding carboxylic acids is 1. The number of nitriles is 1. The molecule has 0 spiro atoms. The van der Waals surface area contributed by atoms with Gasteiger partial charge in [0.25, 0.3) is 5.91 Å². The van der Waals surface area contributed by atoms with E-state index < -0.39 is 0 Å². The summed E-state index contributed by atoms with van der Waals surface area (Å²) in [5.74, 6) is 1.25. The number of aryl methyl sites for hydroxylation is 1. The van der Waals surface area contributed by atoms with Crippen molar-refractivity contribution in [3.63, 3.8) is 0 Å². The lowest BCUT2D eigenvalue weighted by Crippen LogP contribution is -2.20. The van der Waals surface area contributed by atoms with Gasteiger partial charge in [-0.1, -0.05) is 42.0 Å². The number of carbonyl (C=O) groups is 1. The molecule has 0 radical (unpaired) electrons. The molecule has 0 bridgehead atoms. The number of hydrogen-bond acceptors (Lipinski definition) is 4. The summed E-state index contributed by atoms with van der Waals surface area (Å²) in [4.78, 5) is 12.3. The van der Waals surface area contributed by atoms with Gasteiger partial charge in [0, 0.05) is 0 Å². The maximum absolute atomic E-state index is 12.3. The van der Waals surface area contributed by atoms with E-state index in [2.05, 4.69) is 5.32 Å². The fourth-order valence-corrected chi connectivity index (χ4v) is 2.41. The second-order valence-corrected chi connectivity index (χ2v) is 5.86. The zero-order chi connectivity index (χ0) is 19.1. The molecule has 5 heteroatoms. The van der Waals surface area contributed by atoms with E-state index in [4.69, 9.17) is 14.7 Å².